The van der Waals surface area contributed by atoms with Gasteiger partial charge < -0.3 is 5.32 Å². The molecule has 0 saturated carbocycles. The molecular formula is C20H25N. The number of hydrogen-bond donors (Lipinski definition) is 1. The van der Waals surface area contributed by atoms with Crippen LogP contribution in [0.2, 0.25) is 0 Å². The maximum Gasteiger partial charge on any atom is 0.0351 e. The molecule has 1 aliphatic heterocycles. The van der Waals surface area contributed by atoms with Gasteiger partial charge in [0.2, 0.25) is 0 Å². The van der Waals surface area contributed by atoms with Crippen molar-refractivity contribution in [3.63, 3.8) is 0 Å². The van der Waals surface area contributed by atoms with Crippen molar-refractivity contribution >= 4 is 0 Å². The van der Waals surface area contributed by atoms with Crippen molar-refractivity contribution in [1.82, 2.24) is 5.32 Å². The summed E-state index contributed by atoms with van der Waals surface area (Å²) in [6.45, 7) is 1.14. The zero-order chi connectivity index (χ0) is 14.3. The summed E-state index contributed by atoms with van der Waals surface area (Å²) in [5, 5.41) is 3.81. The molecule has 2 atom stereocenters. The van der Waals surface area contributed by atoms with Crippen molar-refractivity contribution in [2.45, 2.75) is 38.1 Å². The summed E-state index contributed by atoms with van der Waals surface area (Å²) in [4.78, 5) is 0. The third-order valence-corrected chi connectivity index (χ3v) is 4.59. The molecule has 0 aliphatic carbocycles. The molecule has 0 bridgehead atoms. The molecule has 2 aromatic carbocycles. The first-order chi connectivity index (χ1) is 10.4. The average molecular weight is 279 g/mol. The molecule has 0 radical (unpaired) electrons. The maximum absolute atomic E-state index is 3.81. The molecule has 1 fully saturated rings. The second-order valence-corrected chi connectivity index (χ2v) is 6.14. The molecule has 3 rings (SSSR count). The van der Waals surface area contributed by atoms with Gasteiger partial charge in [-0.3, -0.25) is 0 Å². The van der Waals surface area contributed by atoms with Crippen molar-refractivity contribution in [2.24, 2.45) is 5.92 Å². The summed E-state index contributed by atoms with van der Waals surface area (Å²) in [6, 6.07) is 22.4. The van der Waals surface area contributed by atoms with E-state index in [1.54, 1.807) is 0 Å². The number of benzene rings is 2. The Labute approximate surface area is 128 Å². The SMILES string of the molecule is c1ccc(C[C@H]2CCCCCN[C@@H]2c2ccccc2)cc1. The molecule has 1 heterocycles. The molecule has 0 spiro atoms. The van der Waals surface area contributed by atoms with Crippen LogP contribution < -0.4 is 5.32 Å². The van der Waals surface area contributed by atoms with Crippen molar-refractivity contribution in [3.8, 4) is 0 Å². The molecule has 0 amide bonds. The highest BCUT2D eigenvalue weighted by molar-refractivity contribution is 5.22. The quantitative estimate of drug-likeness (QED) is 0.855. The largest absolute Gasteiger partial charge is 0.310 e. The first-order valence-corrected chi connectivity index (χ1v) is 8.26. The van der Waals surface area contributed by atoms with Crippen LogP contribution in [0.3, 0.4) is 0 Å². The molecule has 1 heteroatoms. The van der Waals surface area contributed by atoms with Gasteiger partial charge >= 0.3 is 0 Å². The third-order valence-electron chi connectivity index (χ3n) is 4.59. The standard InChI is InChI=1S/C20H25N/c1-4-10-17(11-5-1)16-19-14-8-3-9-15-21-20(19)18-12-6-2-7-13-18/h1-2,4-7,10-13,19-21H,3,8-9,14-16H2/t19-,20-/m1/s1. The van der Waals surface area contributed by atoms with Gasteiger partial charge in [0.15, 0.2) is 0 Å². The van der Waals surface area contributed by atoms with Gasteiger partial charge in [0, 0.05) is 6.04 Å². The summed E-state index contributed by atoms with van der Waals surface area (Å²) in [7, 11) is 0. The Bertz CT molecular complexity index is 520. The van der Waals surface area contributed by atoms with Crippen LogP contribution in [-0.2, 0) is 6.42 Å². The molecule has 0 aromatic heterocycles. The fourth-order valence-corrected chi connectivity index (χ4v) is 3.49. The van der Waals surface area contributed by atoms with Gasteiger partial charge in [-0.05, 0) is 42.9 Å². The van der Waals surface area contributed by atoms with E-state index >= 15 is 0 Å². The smallest absolute Gasteiger partial charge is 0.0351 e. The number of rotatable bonds is 3. The van der Waals surface area contributed by atoms with Crippen LogP contribution in [0.25, 0.3) is 0 Å². The lowest BCUT2D eigenvalue weighted by atomic mass is 9.83. The monoisotopic (exact) mass is 279 g/mol. The van der Waals surface area contributed by atoms with E-state index in [2.05, 4.69) is 66.0 Å². The van der Waals surface area contributed by atoms with E-state index in [1.165, 1.54) is 43.2 Å². The van der Waals surface area contributed by atoms with Gasteiger partial charge in [0.1, 0.15) is 0 Å². The molecule has 1 saturated heterocycles. The molecule has 21 heavy (non-hydrogen) atoms. The van der Waals surface area contributed by atoms with E-state index in [0.29, 0.717) is 12.0 Å². The number of nitrogens with one attached hydrogen (secondary N) is 1. The first-order valence-electron chi connectivity index (χ1n) is 8.26. The molecular weight excluding hydrogens is 254 g/mol. The summed E-state index contributed by atoms with van der Waals surface area (Å²) >= 11 is 0. The van der Waals surface area contributed by atoms with E-state index < -0.39 is 0 Å². The summed E-state index contributed by atoms with van der Waals surface area (Å²) in [5.41, 5.74) is 2.91. The highest BCUT2D eigenvalue weighted by Crippen LogP contribution is 2.31. The Kier molecular flexibility index (Phi) is 5.07. The molecule has 1 N–H and O–H groups in total. The van der Waals surface area contributed by atoms with Gasteiger partial charge in [-0.15, -0.1) is 0 Å². The first kappa shape index (κ1) is 14.3. The van der Waals surface area contributed by atoms with Crippen molar-refractivity contribution in [3.05, 3.63) is 71.8 Å². The Hall–Kier alpha value is -1.60. The highest BCUT2D eigenvalue weighted by atomic mass is 14.9. The Morgan fingerprint density at radius 3 is 2.29 bits per heavy atom. The third kappa shape index (κ3) is 3.95. The van der Waals surface area contributed by atoms with Crippen LogP contribution in [0, 0.1) is 5.92 Å². The molecule has 1 nitrogen and oxygen atoms in total. The summed E-state index contributed by atoms with van der Waals surface area (Å²) in [6.07, 6.45) is 6.53. The van der Waals surface area contributed by atoms with Crippen LogP contribution >= 0.6 is 0 Å². The van der Waals surface area contributed by atoms with Gasteiger partial charge in [-0.25, -0.2) is 0 Å². The van der Waals surface area contributed by atoms with Crippen LogP contribution in [0.4, 0.5) is 0 Å². The maximum atomic E-state index is 3.81. The molecule has 2 aromatic rings. The molecule has 110 valence electrons. The molecule has 0 unspecified atom stereocenters. The minimum atomic E-state index is 0.492. The minimum absolute atomic E-state index is 0.492. The lowest BCUT2D eigenvalue weighted by Crippen LogP contribution is -2.32. The summed E-state index contributed by atoms with van der Waals surface area (Å²) < 4.78 is 0. The van der Waals surface area contributed by atoms with Gasteiger partial charge in [-0.1, -0.05) is 73.5 Å². The Morgan fingerprint density at radius 1 is 0.810 bits per heavy atom. The lowest BCUT2D eigenvalue weighted by Gasteiger charge is -2.31. The van der Waals surface area contributed by atoms with Gasteiger partial charge in [0.25, 0.3) is 0 Å². The molecule has 1 aliphatic rings. The zero-order valence-corrected chi connectivity index (χ0v) is 12.7. The van der Waals surface area contributed by atoms with Crippen molar-refractivity contribution in [1.29, 1.82) is 0 Å². The van der Waals surface area contributed by atoms with Crippen LogP contribution in [0.1, 0.15) is 42.9 Å². The van der Waals surface area contributed by atoms with E-state index in [-0.39, 0.29) is 0 Å². The zero-order valence-electron chi connectivity index (χ0n) is 12.7. The Morgan fingerprint density at radius 2 is 1.52 bits per heavy atom. The van der Waals surface area contributed by atoms with Crippen LogP contribution in [0.15, 0.2) is 60.7 Å². The Balaban J connectivity index is 1.81. The van der Waals surface area contributed by atoms with Gasteiger partial charge in [-0.2, -0.15) is 0 Å². The minimum Gasteiger partial charge on any atom is -0.310 e. The summed E-state index contributed by atoms with van der Waals surface area (Å²) in [5.74, 6) is 0.690. The second-order valence-electron chi connectivity index (χ2n) is 6.14. The predicted molar refractivity (Wildman–Crippen MR) is 89.3 cm³/mol. The normalized spacial score (nSPS) is 23.2. The van der Waals surface area contributed by atoms with Crippen LogP contribution in [-0.4, -0.2) is 6.54 Å². The van der Waals surface area contributed by atoms with E-state index in [1.807, 2.05) is 0 Å². The van der Waals surface area contributed by atoms with E-state index in [4.69, 9.17) is 0 Å². The van der Waals surface area contributed by atoms with E-state index in [0.717, 1.165) is 6.54 Å². The van der Waals surface area contributed by atoms with Crippen molar-refractivity contribution < 1.29 is 0 Å². The van der Waals surface area contributed by atoms with Gasteiger partial charge in [0.05, 0.1) is 0 Å². The van der Waals surface area contributed by atoms with E-state index in [9.17, 15) is 0 Å². The fraction of sp³-hybridized carbons (Fsp3) is 0.400. The number of hydrogen-bond acceptors (Lipinski definition) is 1. The predicted octanol–water partition coefficient (Wildman–Crippen LogP) is 4.75. The second kappa shape index (κ2) is 7.42. The van der Waals surface area contributed by atoms with Crippen molar-refractivity contribution in [2.75, 3.05) is 6.54 Å². The lowest BCUT2D eigenvalue weighted by molar-refractivity contribution is 0.305. The highest BCUT2D eigenvalue weighted by Gasteiger charge is 2.24. The average Bonchev–Trinajstić information content (AvgIpc) is 2.52. The van der Waals surface area contributed by atoms with Crippen LogP contribution in [0.5, 0.6) is 0 Å². The fourth-order valence-electron chi connectivity index (χ4n) is 3.49. The topological polar surface area (TPSA) is 12.0 Å².